The van der Waals surface area contributed by atoms with Crippen molar-refractivity contribution in [2.24, 2.45) is 0 Å². The largest absolute Gasteiger partial charge is 0.326 e. The maximum absolute atomic E-state index is 8.74. The summed E-state index contributed by atoms with van der Waals surface area (Å²) in [5.41, 5.74) is 8.97. The lowest BCUT2D eigenvalue weighted by Gasteiger charge is -2.02. The van der Waals surface area contributed by atoms with Gasteiger partial charge in [0.15, 0.2) is 0 Å². The minimum absolute atomic E-state index is 1.17. The third-order valence-corrected chi connectivity index (χ3v) is 5.40. The van der Waals surface area contributed by atoms with E-state index in [9.17, 15) is 0 Å². The Morgan fingerprint density at radius 1 is 0.471 bits per heavy atom. The maximum Gasteiger partial charge on any atom is 0.314 e. The van der Waals surface area contributed by atoms with E-state index in [1.165, 1.54) is 97.6 Å². The smallest absolute Gasteiger partial charge is 0.314 e. The van der Waals surface area contributed by atoms with E-state index in [4.69, 9.17) is 14.4 Å². The molecule has 0 heterocycles. The Morgan fingerprint density at radius 2 is 0.676 bits per heavy atom. The second-order valence-corrected chi connectivity index (χ2v) is 10.3. The standard InChI is InChI=1S/C30H50.H3O3P/c1-25(2)15-11-19-29(7)23-13-21-27(5)17-9-10-18-28(6)22-14-24-30(8)20-12-16-26(3)4;1-4(2)3/h15-18,23-24H,9-14,19-22H2,1-8H3;4H,(H2,1,2,3)/b27-17+,28-18+,29-23+,30-24+;. The zero-order chi connectivity index (χ0) is 26.4. The van der Waals surface area contributed by atoms with Crippen LogP contribution in [0, 0.1) is 0 Å². The molecule has 0 bridgehead atoms. The summed E-state index contributed by atoms with van der Waals surface area (Å²) < 4.78 is 8.74. The van der Waals surface area contributed by atoms with Crippen molar-refractivity contribution in [3.8, 4) is 0 Å². The highest BCUT2D eigenvalue weighted by Crippen LogP contribution is 2.14. The molecular weight excluding hydrogens is 439 g/mol. The minimum atomic E-state index is -3.13. The van der Waals surface area contributed by atoms with Crippen LogP contribution in [0.1, 0.15) is 120 Å². The molecule has 0 fully saturated rings. The van der Waals surface area contributed by atoms with E-state index >= 15 is 0 Å². The number of hydrogen-bond acceptors (Lipinski definition) is 1. The van der Waals surface area contributed by atoms with Crippen molar-refractivity contribution in [1.29, 1.82) is 0 Å². The molecule has 0 unspecified atom stereocenters. The summed E-state index contributed by atoms with van der Waals surface area (Å²) in [4.78, 5) is 14.3. The van der Waals surface area contributed by atoms with Crippen molar-refractivity contribution >= 4 is 8.25 Å². The van der Waals surface area contributed by atoms with E-state index in [0.29, 0.717) is 0 Å². The number of unbranched alkanes of at least 4 members (excludes halogenated alkanes) is 1. The van der Waals surface area contributed by atoms with Gasteiger partial charge in [-0.25, -0.2) is 0 Å². The van der Waals surface area contributed by atoms with Gasteiger partial charge >= 0.3 is 8.25 Å². The zero-order valence-corrected chi connectivity index (χ0v) is 24.3. The molecule has 0 aliphatic heterocycles. The van der Waals surface area contributed by atoms with Gasteiger partial charge in [-0.1, -0.05) is 69.9 Å². The summed E-state index contributed by atoms with van der Waals surface area (Å²) in [6.07, 6.45) is 26.2. The molecule has 0 aromatic carbocycles. The van der Waals surface area contributed by atoms with Gasteiger partial charge in [-0.3, -0.25) is 4.57 Å². The molecule has 0 spiro atoms. The molecule has 2 N–H and O–H groups in total. The highest BCUT2D eigenvalue weighted by Gasteiger charge is 1.94. The van der Waals surface area contributed by atoms with Crippen molar-refractivity contribution in [2.45, 2.75) is 120 Å². The van der Waals surface area contributed by atoms with Crippen LogP contribution in [0.4, 0.5) is 0 Å². The normalized spacial score (nSPS) is 12.9. The van der Waals surface area contributed by atoms with Gasteiger partial charge in [0.2, 0.25) is 0 Å². The zero-order valence-electron chi connectivity index (χ0n) is 23.3. The second-order valence-electron chi connectivity index (χ2n) is 9.78. The molecule has 34 heavy (non-hydrogen) atoms. The fourth-order valence-electron chi connectivity index (χ4n) is 3.34. The molecule has 0 aromatic heterocycles. The summed E-state index contributed by atoms with van der Waals surface area (Å²) in [5.74, 6) is 0. The predicted molar refractivity (Wildman–Crippen MR) is 153 cm³/mol. The molecular formula is C30H53O3P. The van der Waals surface area contributed by atoms with Gasteiger partial charge in [-0.15, -0.1) is 0 Å². The monoisotopic (exact) mass is 492 g/mol. The fraction of sp³-hybridized carbons (Fsp3) is 0.600. The van der Waals surface area contributed by atoms with E-state index in [1.54, 1.807) is 0 Å². The van der Waals surface area contributed by atoms with E-state index in [-0.39, 0.29) is 0 Å². The lowest BCUT2D eigenvalue weighted by atomic mass is 10.0. The van der Waals surface area contributed by atoms with Gasteiger partial charge in [0, 0.05) is 0 Å². The average molecular weight is 493 g/mol. The third-order valence-electron chi connectivity index (χ3n) is 5.40. The van der Waals surface area contributed by atoms with Gasteiger partial charge in [0.05, 0.1) is 0 Å². The molecule has 0 aliphatic carbocycles. The molecule has 0 saturated carbocycles. The summed E-state index contributed by atoms with van der Waals surface area (Å²) in [7, 11) is -3.13. The van der Waals surface area contributed by atoms with Crippen LogP contribution in [0.2, 0.25) is 0 Å². The van der Waals surface area contributed by atoms with Crippen molar-refractivity contribution in [1.82, 2.24) is 0 Å². The van der Waals surface area contributed by atoms with Crippen LogP contribution in [0.3, 0.4) is 0 Å². The first-order valence-electron chi connectivity index (χ1n) is 12.7. The topological polar surface area (TPSA) is 57.5 Å². The van der Waals surface area contributed by atoms with Gasteiger partial charge in [-0.2, -0.15) is 0 Å². The molecule has 0 saturated heterocycles. The Kier molecular flexibility index (Phi) is 23.9. The maximum atomic E-state index is 8.74. The summed E-state index contributed by atoms with van der Waals surface area (Å²) in [5, 5.41) is 0. The quantitative estimate of drug-likeness (QED) is 0.136. The van der Waals surface area contributed by atoms with Gasteiger partial charge in [0.25, 0.3) is 0 Å². The molecule has 0 rings (SSSR count). The predicted octanol–water partition coefficient (Wildman–Crippen LogP) is 9.97. The molecule has 0 amide bonds. The SMILES string of the molecule is CC(C)=CCC/C(C)=C/CC/C(C)=C/CC/C=C(\C)CC/C=C(\C)CCC=C(C)C.O=[PH](O)O. The lowest BCUT2D eigenvalue weighted by molar-refractivity contribution is 0.405. The number of allylic oxidation sites excluding steroid dienone is 12. The summed E-state index contributed by atoms with van der Waals surface area (Å²) in [6.45, 7) is 17.8. The van der Waals surface area contributed by atoms with Gasteiger partial charge in [0.1, 0.15) is 0 Å². The highest BCUT2D eigenvalue weighted by molar-refractivity contribution is 7.30. The molecule has 0 radical (unpaired) electrons. The second kappa shape index (κ2) is 23.3. The Bertz CT molecular complexity index is 679. The van der Waals surface area contributed by atoms with Gasteiger partial charge in [-0.05, 0) is 120 Å². The molecule has 196 valence electrons. The van der Waals surface area contributed by atoms with Crippen LogP contribution in [0.25, 0.3) is 0 Å². The van der Waals surface area contributed by atoms with Crippen molar-refractivity contribution in [2.75, 3.05) is 0 Å². The van der Waals surface area contributed by atoms with E-state index in [2.05, 4.69) is 91.8 Å². The van der Waals surface area contributed by atoms with Crippen LogP contribution in [-0.4, -0.2) is 9.79 Å². The lowest BCUT2D eigenvalue weighted by Crippen LogP contribution is -1.82. The Balaban J connectivity index is 0. The van der Waals surface area contributed by atoms with Crippen LogP contribution < -0.4 is 0 Å². The summed E-state index contributed by atoms with van der Waals surface area (Å²) >= 11 is 0. The van der Waals surface area contributed by atoms with E-state index in [1.807, 2.05) is 0 Å². The van der Waals surface area contributed by atoms with Crippen molar-refractivity contribution in [3.63, 3.8) is 0 Å². The molecule has 4 heteroatoms. The third kappa shape index (κ3) is 30.6. The first kappa shape index (κ1) is 34.8. The van der Waals surface area contributed by atoms with Gasteiger partial charge < -0.3 is 9.79 Å². The van der Waals surface area contributed by atoms with Crippen molar-refractivity contribution < 1.29 is 14.4 Å². The van der Waals surface area contributed by atoms with E-state index < -0.39 is 8.25 Å². The number of hydrogen-bond donors (Lipinski definition) is 2. The Hall–Kier alpha value is -1.41. The Labute approximate surface area is 212 Å². The minimum Gasteiger partial charge on any atom is -0.326 e. The van der Waals surface area contributed by atoms with Crippen LogP contribution in [0.5, 0.6) is 0 Å². The highest BCUT2D eigenvalue weighted by atomic mass is 31.1. The first-order valence-corrected chi connectivity index (χ1v) is 14.0. The summed E-state index contributed by atoms with van der Waals surface area (Å²) in [6, 6.07) is 0. The molecule has 3 nitrogen and oxygen atoms in total. The molecule has 0 aliphatic rings. The van der Waals surface area contributed by atoms with Crippen LogP contribution >= 0.6 is 8.25 Å². The first-order chi connectivity index (χ1) is 15.9. The molecule has 0 atom stereocenters. The van der Waals surface area contributed by atoms with Crippen LogP contribution in [0.15, 0.2) is 69.9 Å². The van der Waals surface area contributed by atoms with Crippen molar-refractivity contribution in [3.05, 3.63) is 69.9 Å². The number of rotatable bonds is 15. The fourth-order valence-corrected chi connectivity index (χ4v) is 3.34. The molecule has 0 aromatic rings. The Morgan fingerprint density at radius 3 is 0.912 bits per heavy atom. The average Bonchev–Trinajstić information content (AvgIpc) is 2.70. The van der Waals surface area contributed by atoms with E-state index in [0.717, 1.165) is 0 Å². The van der Waals surface area contributed by atoms with Crippen LogP contribution in [-0.2, 0) is 4.57 Å².